The molecule has 0 atom stereocenters. The van der Waals surface area contributed by atoms with Crippen LogP contribution in [-0.4, -0.2) is 19.9 Å². The average Bonchev–Trinajstić information content (AvgIpc) is 3.72. The highest BCUT2D eigenvalue weighted by molar-refractivity contribution is 7.25. The van der Waals surface area contributed by atoms with Crippen LogP contribution in [0.15, 0.2) is 158 Å². The maximum atomic E-state index is 5.40. The van der Waals surface area contributed by atoms with Gasteiger partial charge in [-0.2, -0.15) is 0 Å². The number of aromatic nitrogens is 4. The zero-order valence-corrected chi connectivity index (χ0v) is 30.5. The van der Waals surface area contributed by atoms with Gasteiger partial charge in [-0.1, -0.05) is 153 Å². The molecule has 0 saturated heterocycles. The fourth-order valence-electron chi connectivity index (χ4n) is 8.53. The van der Waals surface area contributed by atoms with Gasteiger partial charge in [0.1, 0.15) is 4.83 Å². The molecule has 0 radical (unpaired) electrons. The Labute approximate surface area is 316 Å². The Morgan fingerprint density at radius 2 is 0.981 bits per heavy atom. The highest BCUT2D eigenvalue weighted by atomic mass is 32.1. The minimum atomic E-state index is -0.136. The van der Waals surface area contributed by atoms with E-state index in [1.54, 1.807) is 11.3 Å². The lowest BCUT2D eigenvalue weighted by molar-refractivity contribution is 0.660. The topological polar surface area (TPSA) is 51.6 Å². The molecule has 0 spiro atoms. The molecule has 0 N–H and O–H groups in total. The minimum absolute atomic E-state index is 0.136. The third kappa shape index (κ3) is 4.62. The molecular weight excluding hydrogens is 677 g/mol. The van der Waals surface area contributed by atoms with Gasteiger partial charge in [0.15, 0.2) is 17.5 Å². The molecule has 0 amide bonds. The highest BCUT2D eigenvalue weighted by Gasteiger charge is 2.35. The monoisotopic (exact) mass is 708 g/mol. The summed E-state index contributed by atoms with van der Waals surface area (Å²) >= 11 is 1.76. The van der Waals surface area contributed by atoms with E-state index in [4.69, 9.17) is 19.9 Å². The van der Waals surface area contributed by atoms with Crippen molar-refractivity contribution in [3.8, 4) is 56.5 Å². The maximum absolute atomic E-state index is 5.40. The lowest BCUT2D eigenvalue weighted by atomic mass is 9.82. The van der Waals surface area contributed by atoms with Crippen LogP contribution in [-0.2, 0) is 5.41 Å². The van der Waals surface area contributed by atoms with Crippen molar-refractivity contribution in [2.45, 2.75) is 19.3 Å². The van der Waals surface area contributed by atoms with Gasteiger partial charge in [-0.15, -0.1) is 11.3 Å². The number of benzene rings is 7. The van der Waals surface area contributed by atoms with Crippen molar-refractivity contribution in [2.24, 2.45) is 0 Å². The Bertz CT molecular complexity index is 3140. The molecule has 7 aromatic carbocycles. The summed E-state index contributed by atoms with van der Waals surface area (Å²) in [4.78, 5) is 22.0. The fourth-order valence-corrected chi connectivity index (χ4v) is 9.63. The first-order chi connectivity index (χ1) is 26.5. The second-order valence-electron chi connectivity index (χ2n) is 14.6. The van der Waals surface area contributed by atoms with Crippen LogP contribution in [0.5, 0.6) is 0 Å². The van der Waals surface area contributed by atoms with Crippen LogP contribution in [0.2, 0.25) is 0 Å². The van der Waals surface area contributed by atoms with E-state index < -0.39 is 0 Å². The Morgan fingerprint density at radius 1 is 0.407 bits per heavy atom. The van der Waals surface area contributed by atoms with Crippen molar-refractivity contribution in [3.63, 3.8) is 0 Å². The summed E-state index contributed by atoms with van der Waals surface area (Å²) in [6, 6.07) is 55.8. The summed E-state index contributed by atoms with van der Waals surface area (Å²) in [7, 11) is 0. The van der Waals surface area contributed by atoms with E-state index in [1.165, 1.54) is 43.1 Å². The van der Waals surface area contributed by atoms with Crippen LogP contribution in [0, 0.1) is 0 Å². The molecule has 1 aliphatic rings. The van der Waals surface area contributed by atoms with E-state index in [1.807, 2.05) is 18.2 Å². The quantitative estimate of drug-likeness (QED) is 0.183. The van der Waals surface area contributed by atoms with E-state index >= 15 is 0 Å². The van der Waals surface area contributed by atoms with Gasteiger partial charge >= 0.3 is 0 Å². The molecule has 0 bridgehead atoms. The SMILES string of the molecule is CC1(C)c2ccccc2-c2ccc(-c3nc(-c4ccccc4)nc(-c4ccc(-c5nc6sc7ccccc7c6c6ccccc56)c5ccccc45)n3)cc21. The number of fused-ring (bicyclic) bond motifs is 9. The highest BCUT2D eigenvalue weighted by Crippen LogP contribution is 2.49. The molecule has 254 valence electrons. The molecular formula is C49H32N4S. The second kappa shape index (κ2) is 11.7. The van der Waals surface area contributed by atoms with Crippen LogP contribution in [0.1, 0.15) is 25.0 Å². The number of hydrogen-bond acceptors (Lipinski definition) is 5. The molecule has 3 heterocycles. The number of pyridine rings is 1. The molecule has 4 nitrogen and oxygen atoms in total. The summed E-state index contributed by atoms with van der Waals surface area (Å²) in [5.41, 5.74) is 10.0. The van der Waals surface area contributed by atoms with Gasteiger partial charge in [0, 0.05) is 48.5 Å². The van der Waals surface area contributed by atoms with Crippen LogP contribution in [0.3, 0.4) is 0 Å². The van der Waals surface area contributed by atoms with Gasteiger partial charge in [0.25, 0.3) is 0 Å². The Hall–Kier alpha value is -6.56. The van der Waals surface area contributed by atoms with Gasteiger partial charge in [-0.05, 0) is 56.6 Å². The molecule has 11 rings (SSSR count). The standard InChI is InChI=1S/C49H32N4S/c1-49(2)40-22-12-10-18-33(40)34-25-24-30(28-41(34)49)46-51-45(29-14-4-3-5-15-29)52-47(53-46)38-27-26-37(31-16-6-7-17-32(31)38)44-36-20-9-8-19-35(36)43-39-21-11-13-23-42(39)54-48(43)50-44/h3-28H,1-2H3. The Kier molecular flexibility index (Phi) is 6.73. The summed E-state index contributed by atoms with van der Waals surface area (Å²) in [5, 5.41) is 7.01. The Morgan fingerprint density at radius 3 is 1.80 bits per heavy atom. The molecule has 54 heavy (non-hydrogen) atoms. The minimum Gasteiger partial charge on any atom is -0.236 e. The van der Waals surface area contributed by atoms with Gasteiger partial charge < -0.3 is 0 Å². The first-order valence-corrected chi connectivity index (χ1v) is 19.1. The normalized spacial score (nSPS) is 13.1. The van der Waals surface area contributed by atoms with Crippen molar-refractivity contribution in [1.29, 1.82) is 0 Å². The van der Waals surface area contributed by atoms with Crippen LogP contribution in [0.25, 0.3) is 98.4 Å². The number of thiophene rings is 1. The van der Waals surface area contributed by atoms with Crippen molar-refractivity contribution in [1.82, 2.24) is 19.9 Å². The van der Waals surface area contributed by atoms with Gasteiger partial charge in [0.2, 0.25) is 0 Å². The van der Waals surface area contributed by atoms with Crippen molar-refractivity contribution in [3.05, 3.63) is 169 Å². The number of nitrogens with zero attached hydrogens (tertiary/aromatic N) is 4. The average molecular weight is 709 g/mol. The molecule has 1 aliphatic carbocycles. The third-order valence-electron chi connectivity index (χ3n) is 11.2. The van der Waals surface area contributed by atoms with E-state index in [0.29, 0.717) is 17.5 Å². The van der Waals surface area contributed by atoms with Gasteiger partial charge in [0.05, 0.1) is 5.69 Å². The zero-order chi connectivity index (χ0) is 36.0. The predicted molar refractivity (Wildman–Crippen MR) is 225 cm³/mol. The molecule has 10 aromatic rings. The van der Waals surface area contributed by atoms with Crippen LogP contribution >= 0.6 is 11.3 Å². The van der Waals surface area contributed by atoms with Crippen LogP contribution < -0.4 is 0 Å². The maximum Gasteiger partial charge on any atom is 0.164 e. The molecule has 3 aromatic heterocycles. The smallest absolute Gasteiger partial charge is 0.164 e. The van der Waals surface area contributed by atoms with Crippen molar-refractivity contribution < 1.29 is 0 Å². The van der Waals surface area contributed by atoms with Crippen molar-refractivity contribution >= 4 is 53.2 Å². The summed E-state index contributed by atoms with van der Waals surface area (Å²) < 4.78 is 1.25. The number of hydrogen-bond donors (Lipinski definition) is 0. The molecule has 0 aliphatic heterocycles. The second-order valence-corrected chi connectivity index (χ2v) is 15.6. The summed E-state index contributed by atoms with van der Waals surface area (Å²) in [6.45, 7) is 4.61. The molecule has 0 saturated carbocycles. The van der Waals surface area contributed by atoms with Gasteiger partial charge in [-0.3, -0.25) is 0 Å². The first kappa shape index (κ1) is 31.0. The van der Waals surface area contributed by atoms with Crippen molar-refractivity contribution in [2.75, 3.05) is 0 Å². The molecule has 0 fully saturated rings. The first-order valence-electron chi connectivity index (χ1n) is 18.3. The Balaban J connectivity index is 1.12. The van der Waals surface area contributed by atoms with E-state index in [-0.39, 0.29) is 5.41 Å². The molecule has 5 heteroatoms. The van der Waals surface area contributed by atoms with E-state index in [9.17, 15) is 0 Å². The lowest BCUT2D eigenvalue weighted by Crippen LogP contribution is -2.15. The number of rotatable bonds is 4. The van der Waals surface area contributed by atoms with E-state index in [2.05, 4.69) is 153 Å². The third-order valence-corrected chi connectivity index (χ3v) is 12.2. The zero-order valence-electron chi connectivity index (χ0n) is 29.7. The fraction of sp³-hybridized carbons (Fsp3) is 0.0612. The lowest BCUT2D eigenvalue weighted by Gasteiger charge is -2.21. The summed E-state index contributed by atoms with van der Waals surface area (Å²) in [6.07, 6.45) is 0. The largest absolute Gasteiger partial charge is 0.236 e. The summed E-state index contributed by atoms with van der Waals surface area (Å²) in [5.74, 6) is 1.95. The predicted octanol–water partition coefficient (Wildman–Crippen LogP) is 12.9. The van der Waals surface area contributed by atoms with Gasteiger partial charge in [-0.25, -0.2) is 19.9 Å². The molecule has 0 unspecified atom stereocenters. The van der Waals surface area contributed by atoms with Crippen LogP contribution in [0.4, 0.5) is 0 Å². The van der Waals surface area contributed by atoms with E-state index in [0.717, 1.165) is 48.9 Å².